The first-order chi connectivity index (χ1) is 26.3. The maximum absolute atomic E-state index is 2.44. The van der Waals surface area contributed by atoms with Crippen LogP contribution in [0.2, 0.25) is 0 Å². The summed E-state index contributed by atoms with van der Waals surface area (Å²) in [5.74, 6) is 0. The van der Waals surface area contributed by atoms with Crippen LogP contribution in [0, 0.1) is 0 Å². The monoisotopic (exact) mass is 673 g/mol. The first-order valence-electron chi connectivity index (χ1n) is 18.7. The number of benzene rings is 8. The Hall–Kier alpha value is -6.70. The summed E-state index contributed by atoms with van der Waals surface area (Å²) in [6.07, 6.45) is 6.90. The van der Waals surface area contributed by atoms with Crippen molar-refractivity contribution in [1.82, 2.24) is 0 Å². The molecule has 0 saturated heterocycles. The molecule has 6 bridgehead atoms. The van der Waals surface area contributed by atoms with Gasteiger partial charge in [-0.1, -0.05) is 146 Å². The van der Waals surface area contributed by atoms with Gasteiger partial charge < -0.3 is 4.90 Å². The Morgan fingerprint density at radius 2 is 0.962 bits per heavy atom. The van der Waals surface area contributed by atoms with Crippen LogP contribution < -0.4 is 4.90 Å². The normalized spacial score (nSPS) is 13.4. The maximum atomic E-state index is 2.44. The fraction of sp³-hybridized carbons (Fsp3) is 0.0385. The van der Waals surface area contributed by atoms with E-state index in [1.54, 1.807) is 0 Å². The number of allylic oxidation sites excluding steroid dienone is 4. The molecule has 3 aliphatic rings. The minimum atomic E-state index is 1.08. The molecule has 248 valence electrons. The largest absolute Gasteiger partial charge is 0.311 e. The Bertz CT molecular complexity index is 2800. The maximum Gasteiger partial charge on any atom is 0.0462 e. The molecule has 8 aromatic carbocycles. The Balaban J connectivity index is 0.993. The quantitative estimate of drug-likeness (QED) is 0.176. The molecule has 0 N–H and O–H groups in total. The summed E-state index contributed by atoms with van der Waals surface area (Å²) in [5.41, 5.74) is 22.0. The van der Waals surface area contributed by atoms with Crippen LogP contribution in [0.4, 0.5) is 17.1 Å². The van der Waals surface area contributed by atoms with Gasteiger partial charge in [0.25, 0.3) is 0 Å². The highest BCUT2D eigenvalue weighted by molar-refractivity contribution is 6.16. The van der Waals surface area contributed by atoms with E-state index in [9.17, 15) is 0 Å². The lowest BCUT2D eigenvalue weighted by atomic mass is 9.80. The molecule has 1 nitrogen and oxygen atoms in total. The Morgan fingerprint density at radius 3 is 1.75 bits per heavy atom. The third-order valence-electron chi connectivity index (χ3n) is 11.5. The molecule has 0 fully saturated rings. The molecule has 0 aromatic heterocycles. The van der Waals surface area contributed by atoms with Gasteiger partial charge in [0.15, 0.2) is 0 Å². The van der Waals surface area contributed by atoms with Gasteiger partial charge in [-0.05, 0) is 144 Å². The topological polar surface area (TPSA) is 3.24 Å². The standard InChI is InChI=1S/C52H35N/c1-2-13-38(14-3-1)53(40-30-25-36(26-31-40)42-18-8-12-35-11-4-5-15-41(35)42)39-28-23-34(24-29-39)37-27-32-44-47-20-10-21-48-49-22-9-19-46(52(49)50(44)33-37)43-16-6-7-17-45(43)51(47)48/h1-5,7-15,17-33H,6,16H2. The van der Waals surface area contributed by atoms with Gasteiger partial charge in [0.05, 0.1) is 0 Å². The average Bonchev–Trinajstić information content (AvgIpc) is 3.34. The number of fused-ring (bicyclic) bond motifs is 4. The van der Waals surface area contributed by atoms with Crippen molar-refractivity contribution in [2.75, 3.05) is 4.90 Å². The lowest BCUT2D eigenvalue weighted by Crippen LogP contribution is -2.09. The molecule has 53 heavy (non-hydrogen) atoms. The summed E-state index contributed by atoms with van der Waals surface area (Å²) in [7, 11) is 0. The van der Waals surface area contributed by atoms with E-state index >= 15 is 0 Å². The second kappa shape index (κ2) is 11.9. The van der Waals surface area contributed by atoms with E-state index in [2.05, 4.69) is 193 Å². The highest BCUT2D eigenvalue weighted by Gasteiger charge is 2.32. The Kier molecular flexibility index (Phi) is 6.75. The molecular weight excluding hydrogens is 639 g/mol. The van der Waals surface area contributed by atoms with Gasteiger partial charge >= 0.3 is 0 Å². The van der Waals surface area contributed by atoms with E-state index in [0.717, 1.165) is 29.9 Å². The molecule has 0 amide bonds. The number of hydrogen-bond acceptors (Lipinski definition) is 1. The van der Waals surface area contributed by atoms with Crippen molar-refractivity contribution < 1.29 is 0 Å². The van der Waals surface area contributed by atoms with E-state index in [0.29, 0.717) is 0 Å². The molecule has 0 unspecified atom stereocenters. The first-order valence-corrected chi connectivity index (χ1v) is 18.7. The van der Waals surface area contributed by atoms with Crippen molar-refractivity contribution in [2.24, 2.45) is 0 Å². The molecule has 0 atom stereocenters. The van der Waals surface area contributed by atoms with E-state index in [1.165, 1.54) is 88.7 Å². The SMILES string of the molecule is C1=CC2=C(CC1)c1cccc3c1-c1cc(-c4ccc(N(c5ccccc5)c5ccc(-c6cccc7ccccc67)cc5)cc4)ccc1-c1cccc-3c12. The van der Waals surface area contributed by atoms with E-state index in [-0.39, 0.29) is 0 Å². The predicted molar refractivity (Wildman–Crippen MR) is 225 cm³/mol. The van der Waals surface area contributed by atoms with E-state index in [4.69, 9.17) is 0 Å². The van der Waals surface area contributed by atoms with Crippen molar-refractivity contribution in [3.8, 4) is 55.6 Å². The first kappa shape index (κ1) is 30.0. The smallest absolute Gasteiger partial charge is 0.0462 e. The summed E-state index contributed by atoms with van der Waals surface area (Å²) >= 11 is 0. The van der Waals surface area contributed by atoms with Gasteiger partial charge in [0.2, 0.25) is 0 Å². The molecule has 0 saturated carbocycles. The van der Waals surface area contributed by atoms with Gasteiger partial charge in [-0.3, -0.25) is 0 Å². The van der Waals surface area contributed by atoms with Gasteiger partial charge in [-0.2, -0.15) is 0 Å². The second-order valence-electron chi connectivity index (χ2n) is 14.3. The molecule has 0 aliphatic heterocycles. The molecule has 11 rings (SSSR count). The van der Waals surface area contributed by atoms with Crippen molar-refractivity contribution in [1.29, 1.82) is 0 Å². The molecule has 0 heterocycles. The van der Waals surface area contributed by atoms with Crippen LogP contribution in [0.3, 0.4) is 0 Å². The number of anilines is 3. The van der Waals surface area contributed by atoms with Crippen LogP contribution in [0.15, 0.2) is 188 Å². The molecule has 3 aliphatic carbocycles. The minimum Gasteiger partial charge on any atom is -0.311 e. The Morgan fingerprint density at radius 1 is 0.377 bits per heavy atom. The average molecular weight is 674 g/mol. The van der Waals surface area contributed by atoms with Gasteiger partial charge in [-0.25, -0.2) is 0 Å². The molecule has 0 radical (unpaired) electrons. The van der Waals surface area contributed by atoms with Gasteiger partial charge in [0.1, 0.15) is 0 Å². The summed E-state index contributed by atoms with van der Waals surface area (Å²) < 4.78 is 0. The summed E-state index contributed by atoms with van der Waals surface area (Å²) in [5, 5.41) is 2.53. The van der Waals surface area contributed by atoms with Gasteiger partial charge in [-0.15, -0.1) is 0 Å². The predicted octanol–water partition coefficient (Wildman–Crippen LogP) is 14.5. The van der Waals surface area contributed by atoms with Crippen LogP contribution in [-0.4, -0.2) is 0 Å². The molecular formula is C52H35N. The minimum absolute atomic E-state index is 1.08. The fourth-order valence-electron chi connectivity index (χ4n) is 9.05. The molecule has 0 spiro atoms. The lowest BCUT2D eigenvalue weighted by molar-refractivity contribution is 1.06. The van der Waals surface area contributed by atoms with Crippen LogP contribution in [0.1, 0.15) is 24.0 Å². The highest BCUT2D eigenvalue weighted by atomic mass is 15.1. The molecule has 8 aromatic rings. The number of hydrogen-bond donors (Lipinski definition) is 0. The third kappa shape index (κ3) is 4.71. The zero-order valence-corrected chi connectivity index (χ0v) is 29.3. The number of para-hydroxylation sites is 1. The van der Waals surface area contributed by atoms with Gasteiger partial charge in [0, 0.05) is 17.1 Å². The van der Waals surface area contributed by atoms with Crippen molar-refractivity contribution in [3.05, 3.63) is 199 Å². The van der Waals surface area contributed by atoms with Crippen LogP contribution in [0.5, 0.6) is 0 Å². The van der Waals surface area contributed by atoms with Crippen LogP contribution in [0.25, 0.3) is 77.6 Å². The fourth-order valence-corrected chi connectivity index (χ4v) is 9.05. The van der Waals surface area contributed by atoms with Crippen molar-refractivity contribution >= 4 is 39.0 Å². The van der Waals surface area contributed by atoms with E-state index < -0.39 is 0 Å². The molecule has 1 heteroatoms. The summed E-state index contributed by atoms with van der Waals surface area (Å²) in [6.45, 7) is 0. The Labute approximate surface area is 310 Å². The third-order valence-corrected chi connectivity index (χ3v) is 11.5. The zero-order chi connectivity index (χ0) is 34.9. The number of rotatable bonds is 5. The van der Waals surface area contributed by atoms with E-state index in [1.807, 2.05) is 0 Å². The van der Waals surface area contributed by atoms with Crippen LogP contribution in [-0.2, 0) is 0 Å². The van der Waals surface area contributed by atoms with Crippen molar-refractivity contribution in [3.63, 3.8) is 0 Å². The van der Waals surface area contributed by atoms with Crippen LogP contribution >= 0.6 is 0 Å². The zero-order valence-electron chi connectivity index (χ0n) is 29.3. The lowest BCUT2D eigenvalue weighted by Gasteiger charge is -2.26. The summed E-state index contributed by atoms with van der Waals surface area (Å²) in [4.78, 5) is 2.35. The number of nitrogens with zero attached hydrogens (tertiary/aromatic N) is 1. The van der Waals surface area contributed by atoms with Crippen molar-refractivity contribution in [2.45, 2.75) is 12.8 Å². The second-order valence-corrected chi connectivity index (χ2v) is 14.3. The summed E-state index contributed by atoms with van der Waals surface area (Å²) in [6, 6.07) is 64.9. The highest BCUT2D eigenvalue weighted by Crippen LogP contribution is 2.56.